The average molecular weight is 296 g/mol. The summed E-state index contributed by atoms with van der Waals surface area (Å²) in [4.78, 5) is 13.8. The van der Waals surface area contributed by atoms with Crippen molar-refractivity contribution in [3.63, 3.8) is 0 Å². The maximum atomic E-state index is 10.7. The van der Waals surface area contributed by atoms with Gasteiger partial charge in [-0.15, -0.1) is 4.68 Å². The molecule has 7 nitrogen and oxygen atoms in total. The molecule has 0 bridgehead atoms. The summed E-state index contributed by atoms with van der Waals surface area (Å²) < 4.78 is 6.95. The summed E-state index contributed by atoms with van der Waals surface area (Å²) in [6.07, 6.45) is 0. The fourth-order valence-electron chi connectivity index (χ4n) is 2.03. The van der Waals surface area contributed by atoms with Gasteiger partial charge in [-0.05, 0) is 21.5 Å². The molecule has 110 valence electrons. The molecule has 0 aliphatic carbocycles. The molecule has 2 aromatic carbocycles. The standard InChI is InChI=1S/C15H12N4O3/c1-18-15(16-14(17-18)19(20)21)22-13-10-6-5-9-12(13)11-7-3-2-4-8-11/h2-10H,1H3. The zero-order chi connectivity index (χ0) is 15.5. The molecule has 0 saturated heterocycles. The van der Waals surface area contributed by atoms with E-state index in [4.69, 9.17) is 4.74 Å². The van der Waals surface area contributed by atoms with Gasteiger partial charge < -0.3 is 14.9 Å². The minimum Gasteiger partial charge on any atom is -0.411 e. The highest BCUT2D eigenvalue weighted by Crippen LogP contribution is 2.32. The highest BCUT2D eigenvalue weighted by atomic mass is 16.6. The number of para-hydroxylation sites is 1. The lowest BCUT2D eigenvalue weighted by Gasteiger charge is -2.08. The van der Waals surface area contributed by atoms with Crippen molar-refractivity contribution in [3.05, 3.63) is 64.7 Å². The Bertz CT molecular complexity index is 815. The first kappa shape index (κ1) is 13.7. The summed E-state index contributed by atoms with van der Waals surface area (Å²) in [5.41, 5.74) is 1.85. The Morgan fingerprint density at radius 2 is 1.77 bits per heavy atom. The highest BCUT2D eigenvalue weighted by molar-refractivity contribution is 5.70. The molecule has 0 atom stereocenters. The number of aromatic nitrogens is 3. The van der Waals surface area contributed by atoms with Crippen molar-refractivity contribution >= 4 is 5.95 Å². The molecule has 3 aromatic rings. The van der Waals surface area contributed by atoms with E-state index in [1.54, 1.807) is 13.1 Å². The fraction of sp³-hybridized carbons (Fsp3) is 0.0667. The fourth-order valence-corrected chi connectivity index (χ4v) is 2.03. The van der Waals surface area contributed by atoms with Crippen LogP contribution in [-0.4, -0.2) is 19.7 Å². The van der Waals surface area contributed by atoms with Crippen LogP contribution in [0.2, 0.25) is 0 Å². The van der Waals surface area contributed by atoms with Crippen LogP contribution < -0.4 is 4.74 Å². The van der Waals surface area contributed by atoms with Crippen LogP contribution in [0.25, 0.3) is 11.1 Å². The summed E-state index contributed by atoms with van der Waals surface area (Å²) in [7, 11) is 1.54. The van der Waals surface area contributed by atoms with Crippen LogP contribution in [-0.2, 0) is 7.05 Å². The van der Waals surface area contributed by atoms with Gasteiger partial charge >= 0.3 is 12.0 Å². The molecule has 1 heterocycles. The second kappa shape index (κ2) is 5.65. The van der Waals surface area contributed by atoms with Gasteiger partial charge in [0.25, 0.3) is 0 Å². The number of hydrogen-bond donors (Lipinski definition) is 0. The Kier molecular flexibility index (Phi) is 3.53. The molecule has 1 aromatic heterocycles. The monoisotopic (exact) mass is 296 g/mol. The summed E-state index contributed by atoms with van der Waals surface area (Å²) >= 11 is 0. The topological polar surface area (TPSA) is 83.1 Å². The van der Waals surface area contributed by atoms with Gasteiger partial charge in [0.1, 0.15) is 5.75 Å². The summed E-state index contributed by atoms with van der Waals surface area (Å²) in [6.45, 7) is 0. The molecule has 0 spiro atoms. The maximum Gasteiger partial charge on any atom is 0.494 e. The van der Waals surface area contributed by atoms with E-state index in [1.165, 1.54) is 4.68 Å². The van der Waals surface area contributed by atoms with E-state index < -0.39 is 10.9 Å². The highest BCUT2D eigenvalue weighted by Gasteiger charge is 2.21. The van der Waals surface area contributed by atoms with Crippen LogP contribution in [0.1, 0.15) is 0 Å². The normalized spacial score (nSPS) is 10.4. The van der Waals surface area contributed by atoms with E-state index in [0.717, 1.165) is 11.1 Å². The first-order valence-corrected chi connectivity index (χ1v) is 6.53. The Morgan fingerprint density at radius 1 is 1.09 bits per heavy atom. The van der Waals surface area contributed by atoms with E-state index in [9.17, 15) is 10.1 Å². The molecule has 0 fully saturated rings. The lowest BCUT2D eigenvalue weighted by molar-refractivity contribution is -0.394. The Balaban J connectivity index is 1.98. The van der Waals surface area contributed by atoms with Crippen LogP contribution in [0.15, 0.2) is 54.6 Å². The van der Waals surface area contributed by atoms with E-state index in [2.05, 4.69) is 10.1 Å². The SMILES string of the molecule is Cn1nc([N+](=O)[O-])nc1Oc1ccccc1-c1ccccc1. The third kappa shape index (κ3) is 2.64. The van der Waals surface area contributed by atoms with Gasteiger partial charge in [0, 0.05) is 10.7 Å². The number of nitrogens with zero attached hydrogens (tertiary/aromatic N) is 4. The summed E-state index contributed by atoms with van der Waals surface area (Å²) in [5, 5.41) is 14.4. The number of aryl methyl sites for hydroxylation is 1. The van der Waals surface area contributed by atoms with Gasteiger partial charge in [-0.2, -0.15) is 0 Å². The number of benzene rings is 2. The van der Waals surface area contributed by atoms with Gasteiger partial charge in [0.15, 0.2) is 0 Å². The van der Waals surface area contributed by atoms with Gasteiger partial charge in [0.2, 0.25) is 0 Å². The van der Waals surface area contributed by atoms with Gasteiger partial charge in [0.05, 0.1) is 7.05 Å². The molecular formula is C15H12N4O3. The van der Waals surface area contributed by atoms with Crippen molar-refractivity contribution in [2.75, 3.05) is 0 Å². The minimum absolute atomic E-state index is 0.0649. The van der Waals surface area contributed by atoms with Crippen molar-refractivity contribution in [2.24, 2.45) is 7.05 Å². The molecule has 0 aliphatic heterocycles. The lowest BCUT2D eigenvalue weighted by Crippen LogP contribution is -1.97. The second-order valence-corrected chi connectivity index (χ2v) is 4.54. The van der Waals surface area contributed by atoms with Crippen LogP contribution in [0.4, 0.5) is 5.95 Å². The van der Waals surface area contributed by atoms with Crippen LogP contribution >= 0.6 is 0 Å². The Hall–Kier alpha value is -3.22. The molecule has 0 radical (unpaired) electrons. The molecular weight excluding hydrogens is 284 g/mol. The lowest BCUT2D eigenvalue weighted by atomic mass is 10.1. The zero-order valence-corrected chi connectivity index (χ0v) is 11.7. The van der Waals surface area contributed by atoms with E-state index in [1.807, 2.05) is 48.5 Å². The number of rotatable bonds is 4. The van der Waals surface area contributed by atoms with Crippen LogP contribution in [0.3, 0.4) is 0 Å². The molecule has 3 rings (SSSR count). The van der Waals surface area contributed by atoms with Crippen molar-refractivity contribution in [1.82, 2.24) is 14.8 Å². The predicted octanol–water partition coefficient (Wildman–Crippen LogP) is 3.18. The second-order valence-electron chi connectivity index (χ2n) is 4.54. The molecule has 22 heavy (non-hydrogen) atoms. The first-order valence-electron chi connectivity index (χ1n) is 6.53. The van der Waals surface area contributed by atoms with E-state index in [-0.39, 0.29) is 6.01 Å². The van der Waals surface area contributed by atoms with E-state index in [0.29, 0.717) is 5.75 Å². The number of ether oxygens (including phenoxy) is 1. The number of hydrogen-bond acceptors (Lipinski definition) is 5. The molecule has 7 heteroatoms. The van der Waals surface area contributed by atoms with Crippen molar-refractivity contribution in [1.29, 1.82) is 0 Å². The molecule has 0 unspecified atom stereocenters. The van der Waals surface area contributed by atoms with Crippen molar-refractivity contribution in [2.45, 2.75) is 0 Å². The zero-order valence-electron chi connectivity index (χ0n) is 11.7. The van der Waals surface area contributed by atoms with E-state index >= 15 is 0 Å². The molecule has 0 amide bonds. The largest absolute Gasteiger partial charge is 0.494 e. The minimum atomic E-state index is -0.657. The van der Waals surface area contributed by atoms with Crippen molar-refractivity contribution in [3.8, 4) is 22.9 Å². The number of nitro groups is 1. The smallest absolute Gasteiger partial charge is 0.411 e. The molecule has 0 aliphatic rings. The quantitative estimate of drug-likeness (QED) is 0.545. The van der Waals surface area contributed by atoms with Gasteiger partial charge in [-0.3, -0.25) is 0 Å². The average Bonchev–Trinajstić information content (AvgIpc) is 2.90. The van der Waals surface area contributed by atoms with Gasteiger partial charge in [-0.1, -0.05) is 48.5 Å². The third-order valence-electron chi connectivity index (χ3n) is 3.05. The Morgan fingerprint density at radius 3 is 2.45 bits per heavy atom. The first-order chi connectivity index (χ1) is 10.6. The predicted molar refractivity (Wildman–Crippen MR) is 79.6 cm³/mol. The van der Waals surface area contributed by atoms with Crippen molar-refractivity contribution < 1.29 is 9.66 Å². The molecule has 0 saturated carbocycles. The molecule has 0 N–H and O–H groups in total. The maximum absolute atomic E-state index is 10.7. The van der Waals surface area contributed by atoms with Crippen LogP contribution in [0, 0.1) is 10.1 Å². The summed E-state index contributed by atoms with van der Waals surface area (Å²) in [6, 6.07) is 17.2. The van der Waals surface area contributed by atoms with Gasteiger partial charge in [-0.25, -0.2) is 0 Å². The third-order valence-corrected chi connectivity index (χ3v) is 3.05. The summed E-state index contributed by atoms with van der Waals surface area (Å²) in [5.74, 6) is 0.0637. The Labute approximate surface area is 126 Å². The van der Waals surface area contributed by atoms with Crippen LogP contribution in [0.5, 0.6) is 11.8 Å².